The number of furan rings is 1. The average Bonchev–Trinajstić information content (AvgIpc) is 3.77. The van der Waals surface area contributed by atoms with Crippen molar-refractivity contribution < 1.29 is 4.42 Å². The lowest BCUT2D eigenvalue weighted by Gasteiger charge is -2.13. The van der Waals surface area contributed by atoms with Gasteiger partial charge in [-0.2, -0.15) is 0 Å². The second kappa shape index (κ2) is 11.6. The number of rotatable bonds is 5. The monoisotopic (exact) mass is 657 g/mol. The minimum absolute atomic E-state index is 0.639. The van der Waals surface area contributed by atoms with Gasteiger partial charge in [0, 0.05) is 70.5 Å². The highest BCUT2D eigenvalue weighted by Gasteiger charge is 2.22. The van der Waals surface area contributed by atoms with E-state index >= 15 is 0 Å². The molecule has 0 bridgehead atoms. The smallest absolute Gasteiger partial charge is 0.161 e. The maximum absolute atomic E-state index is 6.77. The van der Waals surface area contributed by atoms with Gasteiger partial charge in [-0.25, -0.2) is 9.97 Å². The Bertz CT molecular complexity index is 2870. The number of hydrogen-bond donors (Lipinski definition) is 0. The van der Waals surface area contributed by atoms with Crippen molar-refractivity contribution in [3.63, 3.8) is 0 Å². The van der Waals surface area contributed by atoms with E-state index in [1.165, 1.54) is 20.2 Å². The molecule has 0 amide bonds. The van der Waals surface area contributed by atoms with Gasteiger partial charge in [0.05, 0.1) is 17.1 Å². The van der Waals surface area contributed by atoms with Crippen LogP contribution in [0.1, 0.15) is 0 Å². The first-order chi connectivity index (χ1) is 24.8. The number of aromatic nitrogens is 3. The van der Waals surface area contributed by atoms with Crippen LogP contribution in [0.2, 0.25) is 0 Å². The molecule has 234 valence electrons. The van der Waals surface area contributed by atoms with Crippen molar-refractivity contribution in [3.8, 4) is 56.3 Å². The van der Waals surface area contributed by atoms with Gasteiger partial charge in [-0.15, -0.1) is 11.3 Å². The number of pyridine rings is 1. The summed E-state index contributed by atoms with van der Waals surface area (Å²) in [6.07, 6.45) is 1.83. The van der Waals surface area contributed by atoms with E-state index in [0.717, 1.165) is 72.4 Å². The van der Waals surface area contributed by atoms with Gasteiger partial charge < -0.3 is 4.42 Å². The molecule has 0 fully saturated rings. The standard InChI is InChI=1S/C45H27N3OS/c1-2-13-28(14-3-1)38-27-39(30-16-5-4-15-29(30)37-21-10-11-26-46-37)48-45(47-38)36-25-24-32(43-42(36)35-18-6-8-22-40(35)49-43)34-20-12-19-33-31-17-7-9-23-41(31)50-44(33)34/h1-27H. The van der Waals surface area contributed by atoms with E-state index < -0.39 is 0 Å². The van der Waals surface area contributed by atoms with Crippen molar-refractivity contribution in [1.29, 1.82) is 0 Å². The minimum atomic E-state index is 0.639. The molecule has 0 N–H and O–H groups in total. The Morgan fingerprint density at radius 3 is 2.00 bits per heavy atom. The van der Waals surface area contributed by atoms with Crippen molar-refractivity contribution >= 4 is 53.4 Å². The maximum Gasteiger partial charge on any atom is 0.161 e. The Kier molecular flexibility index (Phi) is 6.64. The molecule has 0 aliphatic carbocycles. The van der Waals surface area contributed by atoms with Gasteiger partial charge in [0.25, 0.3) is 0 Å². The molecule has 0 atom stereocenters. The lowest BCUT2D eigenvalue weighted by atomic mass is 9.96. The fraction of sp³-hybridized carbons (Fsp3) is 0. The van der Waals surface area contributed by atoms with E-state index in [0.29, 0.717) is 5.82 Å². The third-order valence-corrected chi connectivity index (χ3v) is 10.6. The van der Waals surface area contributed by atoms with Gasteiger partial charge in [0.2, 0.25) is 0 Å². The first-order valence-electron chi connectivity index (χ1n) is 16.6. The third kappa shape index (κ3) is 4.63. The summed E-state index contributed by atoms with van der Waals surface area (Å²) in [5.74, 6) is 0.639. The first kappa shape index (κ1) is 28.6. The summed E-state index contributed by atoms with van der Waals surface area (Å²) in [5.41, 5.74) is 10.4. The first-order valence-corrected chi connectivity index (χ1v) is 17.4. The number of thiophene rings is 1. The molecule has 0 aliphatic heterocycles. The van der Waals surface area contributed by atoms with Gasteiger partial charge in [0.1, 0.15) is 11.2 Å². The van der Waals surface area contributed by atoms with Gasteiger partial charge in [-0.05, 0) is 42.5 Å². The Balaban J connectivity index is 1.25. The third-order valence-electron chi connectivity index (χ3n) is 9.40. The van der Waals surface area contributed by atoms with E-state index in [2.05, 4.69) is 108 Å². The fourth-order valence-corrected chi connectivity index (χ4v) is 8.33. The maximum atomic E-state index is 6.77. The molecule has 0 unspecified atom stereocenters. The molecule has 0 spiro atoms. The number of hydrogen-bond acceptors (Lipinski definition) is 5. The zero-order chi connectivity index (χ0) is 33.0. The van der Waals surface area contributed by atoms with Crippen LogP contribution in [0.3, 0.4) is 0 Å². The van der Waals surface area contributed by atoms with Gasteiger partial charge in [-0.1, -0.05) is 115 Å². The summed E-state index contributed by atoms with van der Waals surface area (Å²) in [6.45, 7) is 0. The lowest BCUT2D eigenvalue weighted by Crippen LogP contribution is -1.98. The quantitative estimate of drug-likeness (QED) is 0.185. The predicted molar refractivity (Wildman–Crippen MR) is 207 cm³/mol. The molecular formula is C45H27N3OS. The van der Waals surface area contributed by atoms with E-state index in [1.54, 1.807) is 0 Å². The minimum Gasteiger partial charge on any atom is -0.455 e. The summed E-state index contributed by atoms with van der Waals surface area (Å²) in [4.78, 5) is 15.3. The molecule has 10 aromatic rings. The molecule has 0 saturated carbocycles. The van der Waals surface area contributed by atoms with Crippen molar-refractivity contribution in [1.82, 2.24) is 15.0 Å². The molecule has 50 heavy (non-hydrogen) atoms. The summed E-state index contributed by atoms with van der Waals surface area (Å²) in [6, 6.07) is 54.5. The van der Waals surface area contributed by atoms with Crippen LogP contribution >= 0.6 is 11.3 Å². The van der Waals surface area contributed by atoms with Crippen LogP contribution in [0, 0.1) is 0 Å². The lowest BCUT2D eigenvalue weighted by molar-refractivity contribution is 0.670. The largest absolute Gasteiger partial charge is 0.455 e. The van der Waals surface area contributed by atoms with Gasteiger partial charge in [0.15, 0.2) is 5.82 Å². The average molecular weight is 658 g/mol. The number of nitrogens with zero attached hydrogens (tertiary/aromatic N) is 3. The zero-order valence-corrected chi connectivity index (χ0v) is 27.6. The van der Waals surface area contributed by atoms with E-state index in [1.807, 2.05) is 72.1 Å². The molecule has 0 aliphatic rings. The molecule has 4 aromatic heterocycles. The van der Waals surface area contributed by atoms with Crippen LogP contribution in [0.4, 0.5) is 0 Å². The molecule has 6 aromatic carbocycles. The molecule has 4 heterocycles. The van der Waals surface area contributed by atoms with E-state index in [4.69, 9.17) is 14.4 Å². The van der Waals surface area contributed by atoms with Crippen LogP contribution < -0.4 is 0 Å². The highest BCUT2D eigenvalue weighted by atomic mass is 32.1. The van der Waals surface area contributed by atoms with Gasteiger partial charge in [-0.3, -0.25) is 4.98 Å². The Morgan fingerprint density at radius 1 is 0.460 bits per heavy atom. The Hall–Kier alpha value is -6.43. The second-order valence-electron chi connectivity index (χ2n) is 12.3. The highest BCUT2D eigenvalue weighted by molar-refractivity contribution is 7.26. The fourth-order valence-electron chi connectivity index (χ4n) is 7.10. The number of benzene rings is 6. The molecule has 4 nitrogen and oxygen atoms in total. The van der Waals surface area contributed by atoms with Crippen molar-refractivity contribution in [2.75, 3.05) is 0 Å². The summed E-state index contributed by atoms with van der Waals surface area (Å²) < 4.78 is 9.29. The van der Waals surface area contributed by atoms with E-state index in [-0.39, 0.29) is 0 Å². The van der Waals surface area contributed by atoms with Crippen molar-refractivity contribution in [2.24, 2.45) is 0 Å². The van der Waals surface area contributed by atoms with Crippen LogP contribution in [-0.4, -0.2) is 15.0 Å². The van der Waals surface area contributed by atoms with Crippen LogP contribution in [0.25, 0.3) is 98.4 Å². The molecule has 5 heteroatoms. The Morgan fingerprint density at radius 2 is 1.14 bits per heavy atom. The van der Waals surface area contributed by atoms with Crippen LogP contribution in [0.5, 0.6) is 0 Å². The molecule has 10 rings (SSSR count). The molecule has 0 radical (unpaired) electrons. The van der Waals surface area contributed by atoms with Gasteiger partial charge >= 0.3 is 0 Å². The topological polar surface area (TPSA) is 51.8 Å². The van der Waals surface area contributed by atoms with Crippen molar-refractivity contribution in [3.05, 3.63) is 164 Å². The van der Waals surface area contributed by atoms with Crippen molar-refractivity contribution in [2.45, 2.75) is 0 Å². The second-order valence-corrected chi connectivity index (χ2v) is 13.4. The van der Waals surface area contributed by atoms with Crippen LogP contribution in [0.15, 0.2) is 168 Å². The number of fused-ring (bicyclic) bond motifs is 6. The summed E-state index contributed by atoms with van der Waals surface area (Å²) in [5, 5.41) is 4.57. The normalized spacial score (nSPS) is 11.6. The Labute approximate surface area is 292 Å². The zero-order valence-electron chi connectivity index (χ0n) is 26.7. The molecular weight excluding hydrogens is 631 g/mol. The SMILES string of the molecule is c1ccc(-c2cc(-c3ccccc3-c3ccccn3)nc(-c3ccc(-c4cccc5c4sc4ccccc45)c4oc5ccccc5c34)n2)cc1. The van der Waals surface area contributed by atoms with E-state index in [9.17, 15) is 0 Å². The highest BCUT2D eigenvalue weighted by Crippen LogP contribution is 2.46. The number of para-hydroxylation sites is 1. The summed E-state index contributed by atoms with van der Waals surface area (Å²) in [7, 11) is 0. The predicted octanol–water partition coefficient (Wildman–Crippen LogP) is 12.5. The van der Waals surface area contributed by atoms with Crippen LogP contribution in [-0.2, 0) is 0 Å². The molecule has 0 saturated heterocycles. The summed E-state index contributed by atoms with van der Waals surface area (Å²) >= 11 is 1.83.